The van der Waals surface area contributed by atoms with Gasteiger partial charge in [-0.05, 0) is 53.9 Å². The van der Waals surface area contributed by atoms with Crippen LogP contribution in [0.25, 0.3) is 11.0 Å². The van der Waals surface area contributed by atoms with Gasteiger partial charge in [-0.3, -0.25) is 14.5 Å². The number of aromatic nitrogens is 2. The fourth-order valence-electron chi connectivity index (χ4n) is 5.04. The van der Waals surface area contributed by atoms with Gasteiger partial charge in [0.25, 0.3) is 5.91 Å². The van der Waals surface area contributed by atoms with Crippen molar-refractivity contribution in [3.63, 3.8) is 0 Å². The highest BCUT2D eigenvalue weighted by Crippen LogP contribution is 2.45. The summed E-state index contributed by atoms with van der Waals surface area (Å²) in [6, 6.07) is 18.2. The van der Waals surface area contributed by atoms with Crippen LogP contribution < -0.4 is 14.4 Å². The number of Topliss-reactive ketones (excluding diaryl/α,β-unsaturated/α-hetero) is 1. The highest BCUT2D eigenvalue weighted by atomic mass is 35.5. The molecule has 1 aliphatic rings. The van der Waals surface area contributed by atoms with Gasteiger partial charge in [0.1, 0.15) is 5.75 Å². The molecule has 236 valence electrons. The van der Waals surface area contributed by atoms with Crippen LogP contribution in [0.15, 0.2) is 86.8 Å². The molecule has 46 heavy (non-hydrogen) atoms. The lowest BCUT2D eigenvalue weighted by molar-refractivity contribution is -0.117. The molecule has 0 radical (unpaired) electrons. The minimum absolute atomic E-state index is 0.0515. The van der Waals surface area contributed by atoms with Gasteiger partial charge in [-0.1, -0.05) is 90.0 Å². The highest BCUT2D eigenvalue weighted by molar-refractivity contribution is 8.00. The van der Waals surface area contributed by atoms with Crippen molar-refractivity contribution in [1.82, 2.24) is 10.2 Å². The highest BCUT2D eigenvalue weighted by Gasteiger charge is 2.47. The fraction of sp³-hybridized carbons (Fsp3) is 0.212. The minimum Gasteiger partial charge on any atom is -0.503 e. The summed E-state index contributed by atoms with van der Waals surface area (Å²) in [6.45, 7) is 2.58. The van der Waals surface area contributed by atoms with Crippen LogP contribution in [0, 0.1) is 0 Å². The second-order valence-electron chi connectivity index (χ2n) is 10.3. The van der Waals surface area contributed by atoms with Crippen LogP contribution in [-0.4, -0.2) is 40.7 Å². The molecule has 1 amide bonds. The number of unbranched alkanes of at least 4 members (excludes halogenated alkanes) is 1. The monoisotopic (exact) mass is 695 g/mol. The second-order valence-corrected chi connectivity index (χ2v) is 13.3. The summed E-state index contributed by atoms with van der Waals surface area (Å²) in [5.41, 5.74) is 1.63. The second kappa shape index (κ2) is 13.8. The zero-order chi connectivity index (χ0) is 32.4. The van der Waals surface area contributed by atoms with E-state index in [0.717, 1.165) is 29.7 Å². The molecule has 3 aromatic carbocycles. The van der Waals surface area contributed by atoms with Crippen LogP contribution in [0.5, 0.6) is 11.5 Å². The maximum Gasteiger partial charge on any atom is 0.296 e. The fourth-order valence-corrected chi connectivity index (χ4v) is 7.46. The van der Waals surface area contributed by atoms with Crippen LogP contribution in [0.4, 0.5) is 5.13 Å². The summed E-state index contributed by atoms with van der Waals surface area (Å²) in [5.74, 6) is -0.675. The maximum atomic E-state index is 14.1. The Labute approximate surface area is 282 Å². The Morgan fingerprint density at radius 1 is 1.11 bits per heavy atom. The number of anilines is 1. The number of benzene rings is 3. The molecule has 0 saturated heterocycles. The maximum absolute atomic E-state index is 14.1. The van der Waals surface area contributed by atoms with Crippen LogP contribution in [0.3, 0.4) is 0 Å². The topological polar surface area (TPSA) is 115 Å². The van der Waals surface area contributed by atoms with Crippen molar-refractivity contribution in [2.45, 2.75) is 35.9 Å². The first-order valence-electron chi connectivity index (χ1n) is 14.3. The largest absolute Gasteiger partial charge is 0.503 e. The van der Waals surface area contributed by atoms with Gasteiger partial charge in [0.15, 0.2) is 27.2 Å². The number of ether oxygens (including phenoxy) is 2. The molecular weight excluding hydrogens is 669 g/mol. The van der Waals surface area contributed by atoms with Crippen molar-refractivity contribution >= 4 is 74.1 Å². The number of para-hydroxylation sites is 1. The number of rotatable bonds is 12. The Bertz CT molecular complexity index is 1970. The van der Waals surface area contributed by atoms with Gasteiger partial charge in [-0.15, -0.1) is 10.2 Å². The third-order valence-electron chi connectivity index (χ3n) is 7.31. The average Bonchev–Trinajstić information content (AvgIpc) is 3.77. The van der Waals surface area contributed by atoms with Crippen molar-refractivity contribution in [1.29, 1.82) is 0 Å². The molecule has 0 fully saturated rings. The molecule has 1 unspecified atom stereocenters. The first-order valence-corrected chi connectivity index (χ1v) is 16.9. The van der Waals surface area contributed by atoms with E-state index in [1.807, 2.05) is 6.07 Å². The summed E-state index contributed by atoms with van der Waals surface area (Å²) >= 11 is 14.9. The number of ketones is 1. The van der Waals surface area contributed by atoms with Gasteiger partial charge >= 0.3 is 0 Å². The van der Waals surface area contributed by atoms with E-state index >= 15 is 0 Å². The number of fused-ring (bicyclic) bond motifs is 1. The summed E-state index contributed by atoms with van der Waals surface area (Å²) in [7, 11) is 1.50. The number of thioether (sulfide) groups is 1. The normalized spacial score (nSPS) is 14.8. The number of hydrogen-bond acceptors (Lipinski definition) is 10. The van der Waals surface area contributed by atoms with Crippen LogP contribution in [0.2, 0.25) is 10.0 Å². The van der Waals surface area contributed by atoms with Gasteiger partial charge in [-0.2, -0.15) is 0 Å². The first kappa shape index (κ1) is 31.9. The van der Waals surface area contributed by atoms with Gasteiger partial charge in [-0.25, -0.2) is 0 Å². The molecule has 13 heteroatoms. The minimum atomic E-state index is -1.04. The summed E-state index contributed by atoms with van der Waals surface area (Å²) in [5, 5.41) is 21.8. The average molecular weight is 697 g/mol. The van der Waals surface area contributed by atoms with Gasteiger partial charge in [0.05, 0.1) is 25.3 Å². The van der Waals surface area contributed by atoms with Crippen LogP contribution in [0.1, 0.15) is 47.5 Å². The van der Waals surface area contributed by atoms with Gasteiger partial charge in [0.2, 0.25) is 10.9 Å². The quantitative estimate of drug-likeness (QED) is 0.0591. The molecule has 1 aliphatic heterocycles. The molecule has 0 saturated carbocycles. The molecular formula is C33H27Cl2N3O6S2. The van der Waals surface area contributed by atoms with Crippen LogP contribution >= 0.6 is 46.3 Å². The zero-order valence-electron chi connectivity index (χ0n) is 24.7. The lowest BCUT2D eigenvalue weighted by Gasteiger charge is -2.24. The van der Waals surface area contributed by atoms with Gasteiger partial charge < -0.3 is 19.0 Å². The van der Waals surface area contributed by atoms with Crippen molar-refractivity contribution in [2.24, 2.45) is 0 Å². The van der Waals surface area contributed by atoms with Crippen molar-refractivity contribution < 1.29 is 28.6 Å². The number of halogens is 2. The molecule has 0 aliphatic carbocycles. The van der Waals surface area contributed by atoms with Crippen molar-refractivity contribution in [2.75, 3.05) is 18.6 Å². The molecule has 0 bridgehead atoms. The molecule has 9 nitrogen and oxygen atoms in total. The predicted molar refractivity (Wildman–Crippen MR) is 180 cm³/mol. The lowest BCUT2D eigenvalue weighted by Crippen LogP contribution is -2.31. The smallest absolute Gasteiger partial charge is 0.296 e. The van der Waals surface area contributed by atoms with E-state index in [1.165, 1.54) is 23.8 Å². The number of carbonyl (C=O) groups is 2. The van der Waals surface area contributed by atoms with E-state index in [-0.39, 0.29) is 16.5 Å². The van der Waals surface area contributed by atoms with E-state index in [1.54, 1.807) is 60.7 Å². The predicted octanol–water partition coefficient (Wildman–Crippen LogP) is 8.85. The lowest BCUT2D eigenvalue weighted by atomic mass is 9.95. The number of aliphatic hydroxyl groups excluding tert-OH is 1. The molecule has 1 N–H and O–H groups in total. The summed E-state index contributed by atoms with van der Waals surface area (Å²) in [6.07, 6.45) is 1.83. The van der Waals surface area contributed by atoms with E-state index < -0.39 is 23.5 Å². The summed E-state index contributed by atoms with van der Waals surface area (Å²) in [4.78, 5) is 29.2. The Hall–Kier alpha value is -4.03. The molecule has 0 spiro atoms. The SMILES string of the molecule is CCCCOc1cccc(C2C(C(=O)c3cc4cccc(OC)c4o3)=C(O)C(=O)N2c2nnc(SCc3ccc(Cl)cc3Cl)s2)c1. The Balaban J connectivity index is 1.37. The zero-order valence-corrected chi connectivity index (χ0v) is 27.8. The first-order chi connectivity index (χ1) is 22.3. The van der Waals surface area contributed by atoms with E-state index in [4.69, 9.17) is 37.1 Å². The third-order valence-corrected chi connectivity index (χ3v) is 10.0. The number of nitrogens with zero attached hydrogens (tertiary/aromatic N) is 3. The van der Waals surface area contributed by atoms with Crippen LogP contribution in [-0.2, 0) is 10.5 Å². The number of methoxy groups -OCH3 is 1. The standard InChI is InChI=1S/C33H27Cl2N3O6S2/c1-3-4-13-43-22-9-5-7-18(14-22)27-26(28(39)25-15-19-8-6-10-24(42-2)30(19)44-25)29(40)31(41)38(27)32-36-37-33(46-32)45-17-20-11-12-21(34)16-23(20)35/h5-12,14-16,27,40H,3-4,13,17H2,1-2H3. The number of hydrogen-bond donors (Lipinski definition) is 1. The number of amides is 1. The molecule has 6 rings (SSSR count). The summed E-state index contributed by atoms with van der Waals surface area (Å²) < 4.78 is 17.8. The number of aliphatic hydroxyl groups is 1. The Morgan fingerprint density at radius 3 is 2.72 bits per heavy atom. The van der Waals surface area contributed by atoms with E-state index in [9.17, 15) is 14.7 Å². The Morgan fingerprint density at radius 2 is 1.93 bits per heavy atom. The molecule has 5 aromatic rings. The van der Waals surface area contributed by atoms with Crippen molar-refractivity contribution in [3.8, 4) is 11.5 Å². The van der Waals surface area contributed by atoms with E-state index in [0.29, 0.717) is 54.8 Å². The number of furan rings is 1. The number of carbonyl (C=O) groups excluding carboxylic acids is 2. The molecule has 1 atom stereocenters. The Kier molecular flexibility index (Phi) is 9.55. The van der Waals surface area contributed by atoms with Gasteiger partial charge in [0, 0.05) is 21.2 Å². The molecule has 2 aromatic heterocycles. The molecule has 3 heterocycles. The van der Waals surface area contributed by atoms with Crippen molar-refractivity contribution in [3.05, 3.63) is 105 Å². The third kappa shape index (κ3) is 6.32. The van der Waals surface area contributed by atoms with E-state index in [2.05, 4.69) is 17.1 Å².